The van der Waals surface area contributed by atoms with Crippen molar-refractivity contribution in [2.75, 3.05) is 20.1 Å². The first-order chi connectivity index (χ1) is 9.35. The molecule has 1 aromatic rings. The Morgan fingerprint density at radius 1 is 1.60 bits per heavy atom. The van der Waals surface area contributed by atoms with Crippen LogP contribution in [0, 0.1) is 0 Å². The van der Waals surface area contributed by atoms with Gasteiger partial charge in [0.1, 0.15) is 5.60 Å². The summed E-state index contributed by atoms with van der Waals surface area (Å²) in [5.41, 5.74) is 1.43. The molecule has 1 atom stereocenters. The van der Waals surface area contributed by atoms with Crippen molar-refractivity contribution in [2.45, 2.75) is 45.4 Å². The van der Waals surface area contributed by atoms with E-state index in [4.69, 9.17) is 4.74 Å². The maximum absolute atomic E-state index is 12.0. The maximum Gasteiger partial charge on any atom is 0.410 e. The number of ether oxygens (including phenoxy) is 1. The number of likely N-dealkylation sites (N-methyl/N-ethyl adjacent to an activating group) is 1. The molecule has 0 N–H and O–H groups in total. The van der Waals surface area contributed by atoms with Crippen LogP contribution in [0.2, 0.25) is 0 Å². The first-order valence-electron chi connectivity index (χ1n) is 6.91. The van der Waals surface area contributed by atoms with Crippen LogP contribution in [0.3, 0.4) is 0 Å². The van der Waals surface area contributed by atoms with Crippen LogP contribution in [0.4, 0.5) is 4.79 Å². The first-order valence-corrected chi connectivity index (χ1v) is 7.78. The predicted octanol–water partition coefficient (Wildman–Crippen LogP) is 2.58. The van der Waals surface area contributed by atoms with E-state index in [1.54, 1.807) is 16.2 Å². The third kappa shape index (κ3) is 4.18. The average molecular weight is 297 g/mol. The zero-order valence-corrected chi connectivity index (χ0v) is 13.4. The highest BCUT2D eigenvalue weighted by Crippen LogP contribution is 2.20. The Morgan fingerprint density at radius 3 is 2.95 bits per heavy atom. The number of amides is 1. The quantitative estimate of drug-likeness (QED) is 0.860. The first kappa shape index (κ1) is 15.3. The minimum Gasteiger partial charge on any atom is -0.444 e. The molecule has 1 aromatic heterocycles. The highest BCUT2D eigenvalue weighted by Gasteiger charge is 2.31. The zero-order valence-electron chi connectivity index (χ0n) is 12.6. The second-order valence-corrected chi connectivity index (χ2v) is 7.22. The molecule has 2 rings (SSSR count). The molecule has 20 heavy (non-hydrogen) atoms. The Bertz CT molecular complexity index is 442. The average Bonchev–Trinajstić information content (AvgIpc) is 2.96. The highest BCUT2D eigenvalue weighted by atomic mass is 32.1. The molecule has 0 spiro atoms. The number of hydrogen-bond acceptors (Lipinski definition) is 5. The lowest BCUT2D eigenvalue weighted by Gasteiger charge is -2.26. The van der Waals surface area contributed by atoms with Gasteiger partial charge < -0.3 is 9.64 Å². The fraction of sp³-hybridized carbons (Fsp3) is 0.714. The van der Waals surface area contributed by atoms with E-state index in [-0.39, 0.29) is 6.09 Å². The van der Waals surface area contributed by atoms with Crippen LogP contribution >= 0.6 is 11.3 Å². The van der Waals surface area contributed by atoms with E-state index in [0.29, 0.717) is 6.04 Å². The lowest BCUT2D eigenvalue weighted by atomic mass is 10.2. The number of likely N-dealkylation sites (tertiary alicyclic amines) is 1. The smallest absolute Gasteiger partial charge is 0.410 e. The van der Waals surface area contributed by atoms with Crippen molar-refractivity contribution in [1.29, 1.82) is 0 Å². The van der Waals surface area contributed by atoms with Crippen LogP contribution in [0.15, 0.2) is 11.7 Å². The molecule has 0 bridgehead atoms. The molecule has 112 valence electrons. The van der Waals surface area contributed by atoms with Gasteiger partial charge in [-0.1, -0.05) is 0 Å². The van der Waals surface area contributed by atoms with Crippen LogP contribution in [0.5, 0.6) is 0 Å². The molecule has 0 aromatic carbocycles. The molecule has 1 aliphatic heterocycles. The van der Waals surface area contributed by atoms with Gasteiger partial charge in [-0.2, -0.15) is 0 Å². The van der Waals surface area contributed by atoms with Crippen molar-refractivity contribution < 1.29 is 9.53 Å². The van der Waals surface area contributed by atoms with E-state index >= 15 is 0 Å². The minimum absolute atomic E-state index is 0.203. The van der Waals surface area contributed by atoms with Crippen LogP contribution in [-0.2, 0) is 11.3 Å². The lowest BCUT2D eigenvalue weighted by molar-refractivity contribution is 0.0282. The number of carbonyl (C=O) groups excluding carboxylic acids is 1. The molecule has 0 radical (unpaired) electrons. The van der Waals surface area contributed by atoms with Crippen LogP contribution in [0.1, 0.15) is 32.1 Å². The van der Waals surface area contributed by atoms with Gasteiger partial charge >= 0.3 is 6.09 Å². The summed E-state index contributed by atoms with van der Waals surface area (Å²) < 4.78 is 5.42. The predicted molar refractivity (Wildman–Crippen MR) is 79.8 cm³/mol. The molecule has 6 heteroatoms. The fourth-order valence-electron chi connectivity index (χ4n) is 2.29. The van der Waals surface area contributed by atoms with Crippen molar-refractivity contribution in [3.05, 3.63) is 16.6 Å². The van der Waals surface area contributed by atoms with Gasteiger partial charge in [0, 0.05) is 36.8 Å². The molecular weight excluding hydrogens is 274 g/mol. The summed E-state index contributed by atoms with van der Waals surface area (Å²) >= 11 is 1.67. The van der Waals surface area contributed by atoms with E-state index in [2.05, 4.69) is 16.9 Å². The van der Waals surface area contributed by atoms with Gasteiger partial charge in [-0.15, -0.1) is 11.3 Å². The largest absolute Gasteiger partial charge is 0.444 e. The van der Waals surface area contributed by atoms with Crippen molar-refractivity contribution in [3.8, 4) is 0 Å². The minimum atomic E-state index is -0.427. The summed E-state index contributed by atoms with van der Waals surface area (Å²) in [7, 11) is 2.10. The third-order valence-corrected chi connectivity index (χ3v) is 4.09. The summed E-state index contributed by atoms with van der Waals surface area (Å²) in [5, 5.41) is 0. The number of aromatic nitrogens is 1. The van der Waals surface area contributed by atoms with Crippen molar-refractivity contribution in [2.24, 2.45) is 0 Å². The molecule has 1 aliphatic rings. The van der Waals surface area contributed by atoms with Gasteiger partial charge in [-0.25, -0.2) is 4.79 Å². The molecule has 0 unspecified atom stereocenters. The Morgan fingerprint density at radius 2 is 2.35 bits per heavy atom. The topological polar surface area (TPSA) is 45.7 Å². The second-order valence-electron chi connectivity index (χ2n) is 6.25. The van der Waals surface area contributed by atoms with Gasteiger partial charge in [-0.05, 0) is 34.2 Å². The molecule has 1 fully saturated rings. The number of carbonyl (C=O) groups is 1. The molecule has 1 saturated heterocycles. The highest BCUT2D eigenvalue weighted by molar-refractivity contribution is 7.09. The van der Waals surface area contributed by atoms with E-state index < -0.39 is 5.60 Å². The second kappa shape index (κ2) is 6.10. The molecule has 1 amide bonds. The molecule has 5 nitrogen and oxygen atoms in total. The summed E-state index contributed by atoms with van der Waals surface area (Å²) in [4.78, 5) is 21.5. The van der Waals surface area contributed by atoms with Gasteiger partial charge in [0.05, 0.1) is 5.51 Å². The monoisotopic (exact) mass is 297 g/mol. The Kier molecular flexibility index (Phi) is 4.65. The Hall–Kier alpha value is -1.14. The fourth-order valence-corrected chi connectivity index (χ4v) is 2.95. The molecular formula is C14H23N3O2S. The summed E-state index contributed by atoms with van der Waals surface area (Å²) in [5.74, 6) is 0. The molecule has 2 heterocycles. The van der Waals surface area contributed by atoms with Crippen molar-refractivity contribution >= 4 is 17.4 Å². The van der Waals surface area contributed by atoms with Crippen LogP contribution in [0.25, 0.3) is 0 Å². The van der Waals surface area contributed by atoms with Crippen LogP contribution in [-0.4, -0.2) is 52.7 Å². The normalized spacial score (nSPS) is 19.6. The number of rotatable bonds is 3. The lowest BCUT2D eigenvalue weighted by Crippen LogP contribution is -2.38. The van der Waals surface area contributed by atoms with E-state index in [1.807, 2.05) is 32.5 Å². The van der Waals surface area contributed by atoms with Gasteiger partial charge in [0.15, 0.2) is 0 Å². The van der Waals surface area contributed by atoms with E-state index in [9.17, 15) is 4.79 Å². The van der Waals surface area contributed by atoms with Crippen molar-refractivity contribution in [1.82, 2.24) is 14.8 Å². The molecule has 0 saturated carbocycles. The SMILES string of the molecule is CN(Cc1cncs1)[C@@H]1CCN(C(=O)OC(C)(C)C)C1. The zero-order chi connectivity index (χ0) is 14.8. The summed E-state index contributed by atoms with van der Waals surface area (Å²) in [6, 6.07) is 0.393. The summed E-state index contributed by atoms with van der Waals surface area (Å²) in [6.45, 7) is 8.09. The van der Waals surface area contributed by atoms with E-state index in [1.165, 1.54) is 4.88 Å². The Labute approximate surface area is 124 Å². The van der Waals surface area contributed by atoms with Crippen molar-refractivity contribution in [3.63, 3.8) is 0 Å². The number of thiazole rings is 1. The van der Waals surface area contributed by atoms with Gasteiger partial charge in [-0.3, -0.25) is 9.88 Å². The Balaban J connectivity index is 1.84. The summed E-state index contributed by atoms with van der Waals surface area (Å²) in [6.07, 6.45) is 2.70. The van der Waals surface area contributed by atoms with Gasteiger partial charge in [0.25, 0.3) is 0 Å². The van der Waals surface area contributed by atoms with E-state index in [0.717, 1.165) is 26.1 Å². The number of nitrogens with zero attached hydrogens (tertiary/aromatic N) is 3. The number of hydrogen-bond donors (Lipinski definition) is 0. The molecule has 0 aliphatic carbocycles. The third-order valence-electron chi connectivity index (χ3n) is 3.33. The standard InChI is InChI=1S/C14H23N3O2S/c1-14(2,3)19-13(18)17-6-5-11(8-17)16(4)9-12-7-15-10-20-12/h7,10-11H,5-6,8-9H2,1-4H3/t11-/m1/s1. The van der Waals surface area contributed by atoms with Crippen LogP contribution < -0.4 is 0 Å². The van der Waals surface area contributed by atoms with Gasteiger partial charge in [0.2, 0.25) is 0 Å². The maximum atomic E-state index is 12.0.